The first kappa shape index (κ1) is 15.2. The van der Waals surface area contributed by atoms with Gasteiger partial charge < -0.3 is 10.0 Å². The highest BCUT2D eigenvalue weighted by molar-refractivity contribution is 5.92. The van der Waals surface area contributed by atoms with Gasteiger partial charge in [0.2, 0.25) is 0 Å². The summed E-state index contributed by atoms with van der Waals surface area (Å²) in [5.74, 6) is -1.05. The van der Waals surface area contributed by atoms with E-state index in [1.165, 1.54) is 4.90 Å². The van der Waals surface area contributed by atoms with Gasteiger partial charge in [0, 0.05) is 31.1 Å². The van der Waals surface area contributed by atoms with Crippen molar-refractivity contribution in [1.82, 2.24) is 15.1 Å². The van der Waals surface area contributed by atoms with Crippen molar-refractivity contribution in [3.8, 4) is 0 Å². The highest BCUT2D eigenvalue weighted by atomic mass is 16.4. The molecule has 0 fully saturated rings. The van der Waals surface area contributed by atoms with E-state index in [2.05, 4.69) is 10.2 Å². The first-order valence-electron chi connectivity index (χ1n) is 6.25. The Morgan fingerprint density at radius 3 is 2.53 bits per heavy atom. The Balaban J connectivity index is 2.62. The Bertz CT molecular complexity index is 460. The highest BCUT2D eigenvalue weighted by Gasteiger charge is 2.21. The maximum absolute atomic E-state index is 12.1. The van der Waals surface area contributed by atoms with Crippen molar-refractivity contribution in [3.63, 3.8) is 0 Å². The molecule has 1 amide bonds. The molecule has 0 bridgehead atoms. The molecule has 1 heterocycles. The van der Waals surface area contributed by atoms with Crippen LogP contribution in [0.2, 0.25) is 0 Å². The molecule has 6 heteroatoms. The molecule has 0 aliphatic rings. The molecule has 6 nitrogen and oxygen atoms in total. The van der Waals surface area contributed by atoms with Crippen LogP contribution in [0.15, 0.2) is 6.07 Å². The van der Waals surface area contributed by atoms with E-state index in [1.807, 2.05) is 20.8 Å². The fraction of sp³-hybridized carbons (Fsp3) is 0.615. The van der Waals surface area contributed by atoms with Crippen molar-refractivity contribution >= 4 is 11.9 Å². The van der Waals surface area contributed by atoms with E-state index in [1.54, 1.807) is 13.1 Å². The summed E-state index contributed by atoms with van der Waals surface area (Å²) in [6.45, 7) is 6.50. The first-order valence-corrected chi connectivity index (χ1v) is 6.25. The normalized spacial score (nSPS) is 11.4. The molecular formula is C13H21N3O3. The summed E-state index contributed by atoms with van der Waals surface area (Å²) in [6, 6.07) is 1.75. The van der Waals surface area contributed by atoms with Gasteiger partial charge in [-0.1, -0.05) is 20.8 Å². The van der Waals surface area contributed by atoms with Gasteiger partial charge in [0.15, 0.2) is 0 Å². The average Bonchev–Trinajstić information content (AvgIpc) is 2.76. The number of aromatic nitrogens is 2. The fourth-order valence-corrected chi connectivity index (χ4v) is 1.58. The van der Waals surface area contributed by atoms with Crippen LogP contribution in [0.3, 0.4) is 0 Å². The molecule has 1 aromatic rings. The molecule has 0 aromatic carbocycles. The SMILES string of the molecule is CN(CCCC(=O)O)C(=O)c1cc(C(C)(C)C)[nH]n1. The highest BCUT2D eigenvalue weighted by Crippen LogP contribution is 2.20. The van der Waals surface area contributed by atoms with E-state index in [4.69, 9.17) is 5.11 Å². The predicted octanol–water partition coefficient (Wildman–Crippen LogP) is 1.64. The van der Waals surface area contributed by atoms with Crippen LogP contribution in [0.5, 0.6) is 0 Å². The molecule has 19 heavy (non-hydrogen) atoms. The lowest BCUT2D eigenvalue weighted by Gasteiger charge is -2.15. The Kier molecular flexibility index (Phi) is 4.69. The minimum Gasteiger partial charge on any atom is -0.481 e. The molecular weight excluding hydrogens is 246 g/mol. The quantitative estimate of drug-likeness (QED) is 0.849. The van der Waals surface area contributed by atoms with E-state index in [0.717, 1.165) is 5.69 Å². The van der Waals surface area contributed by atoms with Crippen molar-refractivity contribution in [2.24, 2.45) is 0 Å². The van der Waals surface area contributed by atoms with Gasteiger partial charge in [0.1, 0.15) is 5.69 Å². The zero-order valence-corrected chi connectivity index (χ0v) is 11.9. The van der Waals surface area contributed by atoms with Crippen LogP contribution >= 0.6 is 0 Å². The summed E-state index contributed by atoms with van der Waals surface area (Å²) in [6.07, 6.45) is 0.500. The molecule has 0 aliphatic heterocycles. The molecule has 0 saturated carbocycles. The monoisotopic (exact) mass is 267 g/mol. The third-order valence-corrected chi connectivity index (χ3v) is 2.84. The number of carboxylic acid groups (broad SMARTS) is 1. The maximum atomic E-state index is 12.1. The van der Waals surface area contributed by atoms with Gasteiger partial charge >= 0.3 is 5.97 Å². The summed E-state index contributed by atoms with van der Waals surface area (Å²) in [4.78, 5) is 24.0. The molecule has 0 radical (unpaired) electrons. The van der Waals surface area contributed by atoms with Gasteiger partial charge in [-0.2, -0.15) is 5.10 Å². The summed E-state index contributed by atoms with van der Waals surface area (Å²) < 4.78 is 0. The largest absolute Gasteiger partial charge is 0.481 e. The Morgan fingerprint density at radius 1 is 1.42 bits per heavy atom. The van der Waals surface area contributed by atoms with Crippen molar-refractivity contribution in [3.05, 3.63) is 17.5 Å². The van der Waals surface area contributed by atoms with E-state index < -0.39 is 5.97 Å². The second kappa shape index (κ2) is 5.86. The smallest absolute Gasteiger partial charge is 0.303 e. The Labute approximate surface area is 112 Å². The molecule has 0 atom stereocenters. The standard InChI is InChI=1S/C13H21N3O3/c1-13(2,3)10-8-9(14-15-10)12(19)16(4)7-5-6-11(17)18/h8H,5-7H2,1-4H3,(H,14,15)(H,17,18). The zero-order valence-electron chi connectivity index (χ0n) is 11.9. The maximum Gasteiger partial charge on any atom is 0.303 e. The van der Waals surface area contributed by atoms with Crippen molar-refractivity contribution < 1.29 is 14.7 Å². The molecule has 0 spiro atoms. The van der Waals surface area contributed by atoms with Gasteiger partial charge in [0.05, 0.1) is 0 Å². The topological polar surface area (TPSA) is 86.3 Å². The third-order valence-electron chi connectivity index (χ3n) is 2.84. The number of carbonyl (C=O) groups excluding carboxylic acids is 1. The van der Waals surface area contributed by atoms with Crippen LogP contribution in [-0.2, 0) is 10.2 Å². The van der Waals surface area contributed by atoms with Gasteiger partial charge in [-0.05, 0) is 12.5 Å². The summed E-state index contributed by atoms with van der Waals surface area (Å²) in [5.41, 5.74) is 1.17. The van der Waals surface area contributed by atoms with Gasteiger partial charge in [-0.15, -0.1) is 0 Å². The van der Waals surface area contributed by atoms with Crippen molar-refractivity contribution in [2.45, 2.75) is 39.0 Å². The second-order valence-corrected chi connectivity index (χ2v) is 5.64. The van der Waals surface area contributed by atoms with E-state index in [9.17, 15) is 9.59 Å². The molecule has 1 aromatic heterocycles. The average molecular weight is 267 g/mol. The number of carboxylic acids is 1. The Hall–Kier alpha value is -1.85. The lowest BCUT2D eigenvalue weighted by atomic mass is 9.92. The van der Waals surface area contributed by atoms with Gasteiger partial charge in [-0.3, -0.25) is 14.7 Å². The minimum atomic E-state index is -0.851. The number of hydrogen-bond acceptors (Lipinski definition) is 3. The van der Waals surface area contributed by atoms with E-state index in [-0.39, 0.29) is 17.7 Å². The van der Waals surface area contributed by atoms with Crippen LogP contribution in [0.25, 0.3) is 0 Å². The number of aromatic amines is 1. The number of carbonyl (C=O) groups is 2. The fourth-order valence-electron chi connectivity index (χ4n) is 1.58. The number of hydrogen-bond donors (Lipinski definition) is 2. The number of rotatable bonds is 5. The molecule has 0 aliphatic carbocycles. The van der Waals surface area contributed by atoms with Crippen LogP contribution in [0.4, 0.5) is 0 Å². The molecule has 2 N–H and O–H groups in total. The molecule has 0 unspecified atom stereocenters. The van der Waals surface area contributed by atoms with Crippen LogP contribution in [0, 0.1) is 0 Å². The molecule has 1 rings (SSSR count). The molecule has 0 saturated heterocycles. The Morgan fingerprint density at radius 2 is 2.05 bits per heavy atom. The van der Waals surface area contributed by atoms with Crippen molar-refractivity contribution in [1.29, 1.82) is 0 Å². The number of H-pyrrole nitrogens is 1. The number of amides is 1. The van der Waals surface area contributed by atoms with E-state index >= 15 is 0 Å². The number of nitrogens with zero attached hydrogens (tertiary/aromatic N) is 2. The predicted molar refractivity (Wildman–Crippen MR) is 71.1 cm³/mol. The third kappa shape index (κ3) is 4.39. The van der Waals surface area contributed by atoms with Gasteiger partial charge in [0.25, 0.3) is 5.91 Å². The lowest BCUT2D eigenvalue weighted by molar-refractivity contribution is -0.137. The number of nitrogens with one attached hydrogen (secondary N) is 1. The first-order chi connectivity index (χ1) is 8.71. The second-order valence-electron chi connectivity index (χ2n) is 5.64. The lowest BCUT2D eigenvalue weighted by Crippen LogP contribution is -2.28. The van der Waals surface area contributed by atoms with E-state index in [0.29, 0.717) is 18.7 Å². The zero-order chi connectivity index (χ0) is 14.6. The van der Waals surface area contributed by atoms with Crippen LogP contribution in [-0.4, -0.2) is 45.7 Å². The summed E-state index contributed by atoms with van der Waals surface area (Å²) >= 11 is 0. The van der Waals surface area contributed by atoms with Crippen LogP contribution in [0.1, 0.15) is 49.8 Å². The minimum absolute atomic E-state index is 0.0609. The summed E-state index contributed by atoms with van der Waals surface area (Å²) in [5, 5.41) is 15.4. The molecule has 106 valence electrons. The van der Waals surface area contributed by atoms with Crippen molar-refractivity contribution in [2.75, 3.05) is 13.6 Å². The van der Waals surface area contributed by atoms with Crippen LogP contribution < -0.4 is 0 Å². The summed E-state index contributed by atoms with van der Waals surface area (Å²) in [7, 11) is 1.65. The number of aliphatic carboxylic acids is 1. The van der Waals surface area contributed by atoms with Gasteiger partial charge in [-0.25, -0.2) is 0 Å².